The quantitative estimate of drug-likeness (QED) is 0.717. The number of carboxylic acid groups (broad SMARTS) is 1. The first-order chi connectivity index (χ1) is 9.72. The zero-order valence-electron chi connectivity index (χ0n) is 12.6. The number of carbonyl (C=O) groups is 1. The highest BCUT2D eigenvalue weighted by Gasteiger charge is 2.17. The molecular formula is C18H26O2. The SMILES string of the molecule is CCCCCc1ccc2c(c1CCCC(=O)O)CCC2. The highest BCUT2D eigenvalue weighted by molar-refractivity contribution is 5.66. The van der Waals surface area contributed by atoms with E-state index >= 15 is 0 Å². The smallest absolute Gasteiger partial charge is 0.303 e. The maximum absolute atomic E-state index is 10.7. The molecule has 0 fully saturated rings. The number of carboxylic acids is 1. The Hall–Kier alpha value is -1.31. The van der Waals surface area contributed by atoms with Crippen LogP contribution in [0.3, 0.4) is 0 Å². The van der Waals surface area contributed by atoms with Crippen LogP contribution in [0.25, 0.3) is 0 Å². The molecule has 0 atom stereocenters. The third kappa shape index (κ3) is 3.84. The summed E-state index contributed by atoms with van der Waals surface area (Å²) in [6.45, 7) is 2.23. The average molecular weight is 274 g/mol. The van der Waals surface area contributed by atoms with E-state index in [0.29, 0.717) is 0 Å². The number of aliphatic carboxylic acids is 1. The molecule has 0 unspecified atom stereocenters. The lowest BCUT2D eigenvalue weighted by molar-refractivity contribution is -0.137. The van der Waals surface area contributed by atoms with Crippen LogP contribution in [0.1, 0.15) is 67.7 Å². The molecule has 0 heterocycles. The second kappa shape index (κ2) is 7.47. The fourth-order valence-corrected chi connectivity index (χ4v) is 3.32. The molecule has 0 spiro atoms. The zero-order valence-corrected chi connectivity index (χ0v) is 12.6. The van der Waals surface area contributed by atoms with E-state index in [9.17, 15) is 4.79 Å². The summed E-state index contributed by atoms with van der Waals surface area (Å²) in [5.41, 5.74) is 6.01. The number of unbranched alkanes of at least 4 members (excludes halogenated alkanes) is 2. The fourth-order valence-electron chi connectivity index (χ4n) is 3.32. The van der Waals surface area contributed by atoms with Gasteiger partial charge in [0.15, 0.2) is 0 Å². The van der Waals surface area contributed by atoms with Crippen LogP contribution in [0.2, 0.25) is 0 Å². The van der Waals surface area contributed by atoms with Gasteiger partial charge in [0.1, 0.15) is 0 Å². The standard InChI is InChI=1S/C18H26O2/c1-2-3-4-7-14-12-13-15-8-5-9-16(15)17(14)10-6-11-18(19)20/h12-13H,2-11H2,1H3,(H,19,20). The van der Waals surface area contributed by atoms with E-state index in [0.717, 1.165) is 19.3 Å². The monoisotopic (exact) mass is 274 g/mol. The van der Waals surface area contributed by atoms with E-state index in [2.05, 4.69) is 19.1 Å². The molecule has 1 N–H and O–H groups in total. The van der Waals surface area contributed by atoms with Crippen molar-refractivity contribution in [1.29, 1.82) is 0 Å². The molecule has 0 aromatic heterocycles. The van der Waals surface area contributed by atoms with Crippen molar-refractivity contribution in [2.75, 3.05) is 0 Å². The number of hydrogen-bond donors (Lipinski definition) is 1. The van der Waals surface area contributed by atoms with E-state index in [-0.39, 0.29) is 6.42 Å². The Balaban J connectivity index is 2.11. The van der Waals surface area contributed by atoms with Gasteiger partial charge < -0.3 is 5.11 Å². The van der Waals surface area contributed by atoms with Gasteiger partial charge in [-0.15, -0.1) is 0 Å². The molecule has 110 valence electrons. The van der Waals surface area contributed by atoms with Crippen molar-refractivity contribution in [1.82, 2.24) is 0 Å². The minimum absolute atomic E-state index is 0.290. The first-order valence-corrected chi connectivity index (χ1v) is 8.06. The summed E-state index contributed by atoms with van der Waals surface area (Å²) in [4.78, 5) is 10.7. The summed E-state index contributed by atoms with van der Waals surface area (Å²) in [6, 6.07) is 4.61. The van der Waals surface area contributed by atoms with Crippen LogP contribution >= 0.6 is 0 Å². The largest absolute Gasteiger partial charge is 0.481 e. The van der Waals surface area contributed by atoms with Crippen molar-refractivity contribution in [2.24, 2.45) is 0 Å². The predicted octanol–water partition coefficient (Wildman–Crippen LogP) is 4.32. The summed E-state index contributed by atoms with van der Waals surface area (Å²) in [6.07, 6.45) is 10.6. The maximum atomic E-state index is 10.7. The third-order valence-corrected chi connectivity index (χ3v) is 4.37. The van der Waals surface area contributed by atoms with Gasteiger partial charge in [-0.1, -0.05) is 31.9 Å². The van der Waals surface area contributed by atoms with Gasteiger partial charge in [0.2, 0.25) is 0 Å². The molecule has 0 bridgehead atoms. The average Bonchev–Trinajstić information content (AvgIpc) is 2.89. The molecule has 0 amide bonds. The molecular weight excluding hydrogens is 248 g/mol. The van der Waals surface area contributed by atoms with E-state index in [1.165, 1.54) is 55.2 Å². The number of rotatable bonds is 8. The minimum atomic E-state index is -0.676. The summed E-state index contributed by atoms with van der Waals surface area (Å²) < 4.78 is 0. The molecule has 1 aromatic carbocycles. The van der Waals surface area contributed by atoms with Gasteiger partial charge >= 0.3 is 5.97 Å². The Kier molecular flexibility index (Phi) is 5.63. The van der Waals surface area contributed by atoms with Crippen LogP contribution < -0.4 is 0 Å². The van der Waals surface area contributed by atoms with E-state index in [1.54, 1.807) is 5.56 Å². The molecule has 1 aliphatic rings. The van der Waals surface area contributed by atoms with Crippen LogP contribution in [-0.2, 0) is 30.5 Å². The lowest BCUT2D eigenvalue weighted by Crippen LogP contribution is -2.03. The zero-order chi connectivity index (χ0) is 14.4. The minimum Gasteiger partial charge on any atom is -0.481 e. The van der Waals surface area contributed by atoms with Crippen molar-refractivity contribution in [3.8, 4) is 0 Å². The third-order valence-electron chi connectivity index (χ3n) is 4.37. The van der Waals surface area contributed by atoms with Gasteiger partial charge in [0.05, 0.1) is 0 Å². The van der Waals surface area contributed by atoms with Crippen LogP contribution in [0.5, 0.6) is 0 Å². The van der Waals surface area contributed by atoms with Gasteiger partial charge in [-0.05, 0) is 67.2 Å². The van der Waals surface area contributed by atoms with Crippen LogP contribution in [-0.4, -0.2) is 11.1 Å². The number of hydrogen-bond acceptors (Lipinski definition) is 1. The highest BCUT2D eigenvalue weighted by Crippen LogP contribution is 2.30. The van der Waals surface area contributed by atoms with Gasteiger partial charge in [-0.2, -0.15) is 0 Å². The Morgan fingerprint density at radius 3 is 2.75 bits per heavy atom. The molecule has 0 radical (unpaired) electrons. The van der Waals surface area contributed by atoms with Crippen molar-refractivity contribution < 1.29 is 9.90 Å². The van der Waals surface area contributed by atoms with Crippen molar-refractivity contribution in [3.63, 3.8) is 0 Å². The van der Waals surface area contributed by atoms with Crippen LogP contribution in [0.4, 0.5) is 0 Å². The molecule has 20 heavy (non-hydrogen) atoms. The molecule has 0 aliphatic heterocycles. The number of benzene rings is 1. The highest BCUT2D eigenvalue weighted by atomic mass is 16.4. The molecule has 0 saturated carbocycles. The Morgan fingerprint density at radius 2 is 2.00 bits per heavy atom. The first kappa shape index (κ1) is 15.1. The van der Waals surface area contributed by atoms with E-state index < -0.39 is 5.97 Å². The second-order valence-corrected chi connectivity index (χ2v) is 5.90. The number of fused-ring (bicyclic) bond motifs is 1. The number of aryl methyl sites for hydroxylation is 2. The van der Waals surface area contributed by atoms with Gasteiger partial charge in [-0.3, -0.25) is 4.79 Å². The van der Waals surface area contributed by atoms with Gasteiger partial charge in [-0.25, -0.2) is 0 Å². The molecule has 1 aromatic rings. The fraction of sp³-hybridized carbons (Fsp3) is 0.611. The second-order valence-electron chi connectivity index (χ2n) is 5.90. The van der Waals surface area contributed by atoms with Crippen LogP contribution in [0, 0.1) is 0 Å². The molecule has 2 heteroatoms. The van der Waals surface area contributed by atoms with Crippen LogP contribution in [0.15, 0.2) is 12.1 Å². The van der Waals surface area contributed by atoms with Gasteiger partial charge in [0.25, 0.3) is 0 Å². The van der Waals surface area contributed by atoms with Crippen molar-refractivity contribution >= 4 is 5.97 Å². The summed E-state index contributed by atoms with van der Waals surface area (Å²) in [5, 5.41) is 8.83. The Morgan fingerprint density at radius 1 is 1.15 bits per heavy atom. The lowest BCUT2D eigenvalue weighted by atomic mass is 9.91. The van der Waals surface area contributed by atoms with Crippen molar-refractivity contribution in [3.05, 3.63) is 34.4 Å². The van der Waals surface area contributed by atoms with Crippen molar-refractivity contribution in [2.45, 2.75) is 71.1 Å². The van der Waals surface area contributed by atoms with E-state index in [4.69, 9.17) is 5.11 Å². The molecule has 2 rings (SSSR count). The topological polar surface area (TPSA) is 37.3 Å². The predicted molar refractivity (Wildman–Crippen MR) is 82.3 cm³/mol. The molecule has 1 aliphatic carbocycles. The lowest BCUT2D eigenvalue weighted by Gasteiger charge is -2.14. The molecule has 2 nitrogen and oxygen atoms in total. The normalized spacial score (nSPS) is 13.4. The van der Waals surface area contributed by atoms with Gasteiger partial charge in [0, 0.05) is 6.42 Å². The van der Waals surface area contributed by atoms with E-state index in [1.807, 2.05) is 0 Å². The summed E-state index contributed by atoms with van der Waals surface area (Å²) in [5.74, 6) is -0.676. The Bertz CT molecular complexity index is 463. The summed E-state index contributed by atoms with van der Waals surface area (Å²) >= 11 is 0. The summed E-state index contributed by atoms with van der Waals surface area (Å²) in [7, 11) is 0. The maximum Gasteiger partial charge on any atom is 0.303 e. The molecule has 0 saturated heterocycles. The Labute approximate surface area is 122 Å². The first-order valence-electron chi connectivity index (χ1n) is 8.06.